The van der Waals surface area contributed by atoms with E-state index in [0.29, 0.717) is 24.5 Å². The smallest absolute Gasteiger partial charge is 0.251 e. The van der Waals surface area contributed by atoms with Gasteiger partial charge in [-0.15, -0.1) is 0 Å². The number of hydrogen-bond acceptors (Lipinski definition) is 4. The molecule has 1 heterocycles. The van der Waals surface area contributed by atoms with Crippen LogP contribution in [0.4, 0.5) is 0 Å². The predicted octanol–water partition coefficient (Wildman–Crippen LogP) is 3.47. The van der Waals surface area contributed by atoms with E-state index in [2.05, 4.69) is 15.6 Å². The Balaban J connectivity index is 1.27. The van der Waals surface area contributed by atoms with Gasteiger partial charge in [0, 0.05) is 17.8 Å². The molecule has 162 valence electrons. The highest BCUT2D eigenvalue weighted by Gasteiger charge is 2.09. The van der Waals surface area contributed by atoms with Gasteiger partial charge in [-0.05, 0) is 61.0 Å². The minimum atomic E-state index is -0.305. The molecule has 32 heavy (non-hydrogen) atoms. The van der Waals surface area contributed by atoms with Gasteiger partial charge in [0.2, 0.25) is 5.91 Å². The molecule has 0 radical (unpaired) electrons. The predicted molar refractivity (Wildman–Crippen MR) is 123 cm³/mol. The molecule has 0 fully saturated rings. The van der Waals surface area contributed by atoms with Gasteiger partial charge < -0.3 is 15.4 Å². The summed E-state index contributed by atoms with van der Waals surface area (Å²) < 4.78 is 7.38. The maximum Gasteiger partial charge on any atom is 0.251 e. The molecule has 0 aliphatic rings. The van der Waals surface area contributed by atoms with Crippen LogP contribution in [0.25, 0.3) is 16.7 Å². The average Bonchev–Trinajstić information content (AvgIpc) is 3.26. The van der Waals surface area contributed by atoms with Gasteiger partial charge in [-0.1, -0.05) is 24.3 Å². The topological polar surface area (TPSA) is 85.2 Å². The van der Waals surface area contributed by atoms with Gasteiger partial charge in [-0.25, -0.2) is 4.98 Å². The van der Waals surface area contributed by atoms with Crippen molar-refractivity contribution >= 4 is 22.8 Å². The van der Waals surface area contributed by atoms with E-state index in [0.717, 1.165) is 22.3 Å². The highest BCUT2D eigenvalue weighted by molar-refractivity contribution is 5.96. The number of carbonyl (C=O) groups excluding carboxylic acids is 2. The number of nitrogens with zero attached hydrogens (tertiary/aromatic N) is 2. The lowest BCUT2D eigenvalue weighted by atomic mass is 10.2. The van der Waals surface area contributed by atoms with Gasteiger partial charge in [0.05, 0.1) is 24.2 Å². The Kier molecular flexibility index (Phi) is 6.46. The molecule has 0 atom stereocenters. The SMILES string of the molecule is CCOc1ccc(C(=O)NCC(=O)NCc2ccc(-n3cnc4ccccc43)cc2)cc1. The van der Waals surface area contributed by atoms with Gasteiger partial charge in [0.25, 0.3) is 5.91 Å². The van der Waals surface area contributed by atoms with Gasteiger partial charge in [0.1, 0.15) is 12.1 Å². The first-order valence-electron chi connectivity index (χ1n) is 10.4. The number of para-hydroxylation sites is 2. The van der Waals surface area contributed by atoms with E-state index in [1.54, 1.807) is 30.6 Å². The Labute approximate surface area is 186 Å². The average molecular weight is 428 g/mol. The molecule has 4 aromatic rings. The molecule has 0 aliphatic heterocycles. The summed E-state index contributed by atoms with van der Waals surface area (Å²) in [6, 6.07) is 22.7. The number of imidazole rings is 1. The zero-order valence-electron chi connectivity index (χ0n) is 17.7. The largest absolute Gasteiger partial charge is 0.494 e. The molecule has 0 saturated carbocycles. The normalized spacial score (nSPS) is 10.7. The summed E-state index contributed by atoms with van der Waals surface area (Å²) in [6.07, 6.45) is 1.80. The fourth-order valence-electron chi connectivity index (χ4n) is 3.33. The van der Waals surface area contributed by atoms with Crippen LogP contribution in [0.5, 0.6) is 5.75 Å². The van der Waals surface area contributed by atoms with Crippen molar-refractivity contribution in [2.45, 2.75) is 13.5 Å². The quantitative estimate of drug-likeness (QED) is 0.450. The summed E-state index contributed by atoms with van der Waals surface area (Å²) in [4.78, 5) is 28.7. The van der Waals surface area contributed by atoms with E-state index in [1.807, 2.05) is 60.0 Å². The van der Waals surface area contributed by atoms with Crippen LogP contribution in [-0.4, -0.2) is 34.5 Å². The molecule has 2 N–H and O–H groups in total. The van der Waals surface area contributed by atoms with Crippen LogP contribution in [0, 0.1) is 0 Å². The molecule has 7 heteroatoms. The van der Waals surface area contributed by atoms with Crippen LogP contribution >= 0.6 is 0 Å². The fraction of sp³-hybridized carbons (Fsp3) is 0.160. The summed E-state index contributed by atoms with van der Waals surface area (Å²) in [5.41, 5.74) is 4.41. The summed E-state index contributed by atoms with van der Waals surface area (Å²) in [6.45, 7) is 2.75. The van der Waals surface area contributed by atoms with E-state index >= 15 is 0 Å². The second-order valence-corrected chi connectivity index (χ2v) is 7.19. The molecule has 2 amide bonds. The van der Waals surface area contributed by atoms with Crippen LogP contribution in [0.1, 0.15) is 22.8 Å². The minimum absolute atomic E-state index is 0.0921. The third-order valence-electron chi connectivity index (χ3n) is 4.99. The first kappa shape index (κ1) is 21.1. The minimum Gasteiger partial charge on any atom is -0.494 e. The standard InChI is InChI=1S/C25H24N4O3/c1-2-32-21-13-9-19(10-14-21)25(31)27-16-24(30)26-15-18-7-11-20(12-8-18)29-17-28-22-5-3-4-6-23(22)29/h3-14,17H,2,15-16H2,1H3,(H,26,30)(H,27,31). The monoisotopic (exact) mass is 428 g/mol. The van der Waals surface area contributed by atoms with E-state index in [1.165, 1.54) is 0 Å². The number of amides is 2. The van der Waals surface area contributed by atoms with Crippen LogP contribution in [0.15, 0.2) is 79.1 Å². The van der Waals surface area contributed by atoms with Crippen molar-refractivity contribution in [3.05, 3.63) is 90.3 Å². The van der Waals surface area contributed by atoms with Gasteiger partial charge in [-0.3, -0.25) is 14.2 Å². The van der Waals surface area contributed by atoms with Crippen molar-refractivity contribution in [2.24, 2.45) is 0 Å². The number of benzene rings is 3. The number of nitrogens with one attached hydrogen (secondary N) is 2. The van der Waals surface area contributed by atoms with Gasteiger partial charge in [0.15, 0.2) is 0 Å². The van der Waals surface area contributed by atoms with E-state index in [-0.39, 0.29) is 18.4 Å². The lowest BCUT2D eigenvalue weighted by Gasteiger charge is -2.09. The summed E-state index contributed by atoms with van der Waals surface area (Å²) in [5.74, 6) is 0.142. The van der Waals surface area contributed by atoms with E-state index in [4.69, 9.17) is 4.74 Å². The molecule has 0 saturated heterocycles. The third kappa shape index (κ3) is 4.95. The van der Waals surface area contributed by atoms with Crippen LogP contribution in [0.3, 0.4) is 0 Å². The van der Waals surface area contributed by atoms with Gasteiger partial charge >= 0.3 is 0 Å². The number of fused-ring (bicyclic) bond motifs is 1. The number of rotatable bonds is 8. The third-order valence-corrected chi connectivity index (χ3v) is 4.99. The first-order chi connectivity index (χ1) is 15.6. The molecule has 7 nitrogen and oxygen atoms in total. The fourth-order valence-corrected chi connectivity index (χ4v) is 3.33. The molecule has 4 rings (SSSR count). The van der Waals surface area contributed by atoms with Crippen LogP contribution in [0.2, 0.25) is 0 Å². The van der Waals surface area contributed by atoms with E-state index < -0.39 is 0 Å². The second kappa shape index (κ2) is 9.78. The highest BCUT2D eigenvalue weighted by atomic mass is 16.5. The molecule has 0 aliphatic carbocycles. The zero-order chi connectivity index (χ0) is 22.3. The molecule has 0 unspecified atom stereocenters. The van der Waals surface area contributed by atoms with Crippen molar-refractivity contribution in [3.63, 3.8) is 0 Å². The molecule has 1 aromatic heterocycles. The Hall–Kier alpha value is -4.13. The van der Waals surface area contributed by atoms with Crippen molar-refractivity contribution in [3.8, 4) is 11.4 Å². The number of ether oxygens (including phenoxy) is 1. The number of hydrogen-bond donors (Lipinski definition) is 2. The summed E-state index contributed by atoms with van der Waals surface area (Å²) in [5, 5.41) is 5.45. The lowest BCUT2D eigenvalue weighted by Crippen LogP contribution is -2.36. The molecular weight excluding hydrogens is 404 g/mol. The van der Waals surface area contributed by atoms with Crippen molar-refractivity contribution in [1.29, 1.82) is 0 Å². The maximum absolute atomic E-state index is 12.2. The Bertz CT molecular complexity index is 1210. The van der Waals surface area contributed by atoms with Crippen LogP contribution < -0.4 is 15.4 Å². The number of aromatic nitrogens is 2. The molecule has 0 spiro atoms. The van der Waals surface area contributed by atoms with Crippen molar-refractivity contribution < 1.29 is 14.3 Å². The lowest BCUT2D eigenvalue weighted by molar-refractivity contribution is -0.120. The van der Waals surface area contributed by atoms with Crippen LogP contribution in [-0.2, 0) is 11.3 Å². The van der Waals surface area contributed by atoms with E-state index in [9.17, 15) is 9.59 Å². The Morgan fingerprint density at radius 1 is 0.938 bits per heavy atom. The summed E-state index contributed by atoms with van der Waals surface area (Å²) >= 11 is 0. The molecular formula is C25H24N4O3. The number of carbonyl (C=O) groups is 2. The molecule has 0 bridgehead atoms. The van der Waals surface area contributed by atoms with Crippen molar-refractivity contribution in [2.75, 3.05) is 13.2 Å². The van der Waals surface area contributed by atoms with Gasteiger partial charge in [-0.2, -0.15) is 0 Å². The summed E-state index contributed by atoms with van der Waals surface area (Å²) in [7, 11) is 0. The van der Waals surface area contributed by atoms with Crippen molar-refractivity contribution in [1.82, 2.24) is 20.2 Å². The zero-order valence-corrected chi connectivity index (χ0v) is 17.7. The Morgan fingerprint density at radius 3 is 2.44 bits per heavy atom. The highest BCUT2D eigenvalue weighted by Crippen LogP contribution is 2.18. The second-order valence-electron chi connectivity index (χ2n) is 7.19. The first-order valence-corrected chi connectivity index (χ1v) is 10.4. The molecule has 3 aromatic carbocycles. The Morgan fingerprint density at radius 2 is 1.69 bits per heavy atom. The maximum atomic E-state index is 12.2.